The Balaban J connectivity index is 3.06. The first-order valence-electron chi connectivity index (χ1n) is 21.1. The molecule has 0 radical (unpaired) electrons. The van der Waals surface area contributed by atoms with Gasteiger partial charge < -0.3 is 9.47 Å². The first-order valence-corrected chi connectivity index (χ1v) is 22.2. The lowest BCUT2D eigenvalue weighted by molar-refractivity contribution is -0.144. The maximum absolute atomic E-state index is 11.1. The summed E-state index contributed by atoms with van der Waals surface area (Å²) in [5.41, 5.74) is 0. The van der Waals surface area contributed by atoms with Gasteiger partial charge in [0.2, 0.25) is 0 Å². The number of thioether (sulfide) groups is 1. The molecule has 0 aromatic carbocycles. The molecule has 47 heavy (non-hydrogen) atoms. The maximum atomic E-state index is 11.1. The van der Waals surface area contributed by atoms with Crippen LogP contribution in [0, 0.1) is 0 Å². The van der Waals surface area contributed by atoms with Crippen molar-refractivity contribution >= 4 is 23.7 Å². The second-order valence-corrected chi connectivity index (χ2v) is 15.3. The minimum atomic E-state index is -0.0638. The fourth-order valence-corrected chi connectivity index (χ4v) is 7.26. The summed E-state index contributed by atoms with van der Waals surface area (Å²) < 4.78 is 10.2. The maximum Gasteiger partial charge on any atom is 0.305 e. The van der Waals surface area contributed by atoms with Crippen LogP contribution in [0.2, 0.25) is 0 Å². The van der Waals surface area contributed by atoms with Crippen LogP contribution in [-0.4, -0.2) is 36.7 Å². The highest BCUT2D eigenvalue weighted by Crippen LogP contribution is 2.17. The summed E-state index contributed by atoms with van der Waals surface area (Å²) >= 11 is 2.20. The summed E-state index contributed by atoms with van der Waals surface area (Å²) in [4.78, 5) is 22.2. The molecule has 0 aromatic heterocycles. The predicted molar refractivity (Wildman–Crippen MR) is 208 cm³/mol. The Morgan fingerprint density at radius 3 is 0.723 bits per heavy atom. The molecule has 0 aliphatic heterocycles. The van der Waals surface area contributed by atoms with E-state index in [-0.39, 0.29) is 11.9 Å². The van der Waals surface area contributed by atoms with Gasteiger partial charge in [-0.05, 0) is 37.2 Å². The zero-order valence-electron chi connectivity index (χ0n) is 31.9. The largest absolute Gasteiger partial charge is 0.466 e. The number of hydrogen-bond acceptors (Lipinski definition) is 5. The Hall–Kier alpha value is -0.710. The average molecular weight is 683 g/mol. The average Bonchev–Trinajstić information content (AvgIpc) is 3.08. The van der Waals surface area contributed by atoms with Gasteiger partial charge in [-0.3, -0.25) is 9.59 Å². The molecule has 0 heterocycles. The lowest BCUT2D eigenvalue weighted by Gasteiger charge is -2.05. The molecule has 0 fully saturated rings. The lowest BCUT2D eigenvalue weighted by atomic mass is 10.0. The number of unbranched alkanes of at least 4 members (excludes halogenated alkanes) is 30. The monoisotopic (exact) mass is 683 g/mol. The topological polar surface area (TPSA) is 52.6 Å². The third kappa shape index (κ3) is 41.4. The molecule has 0 bridgehead atoms. The second kappa shape index (κ2) is 41.5. The van der Waals surface area contributed by atoms with Crippen molar-refractivity contribution in [1.82, 2.24) is 0 Å². The Morgan fingerprint density at radius 2 is 0.511 bits per heavy atom. The molecule has 0 aliphatic rings. The summed E-state index contributed by atoms with van der Waals surface area (Å²) in [6, 6.07) is 0. The Bertz CT molecular complexity index is 574. The second-order valence-electron chi connectivity index (χ2n) is 14.1. The van der Waals surface area contributed by atoms with Gasteiger partial charge in [-0.2, -0.15) is 11.8 Å². The van der Waals surface area contributed by atoms with Crippen LogP contribution in [0.1, 0.15) is 232 Å². The number of carbonyl (C=O) groups excluding carboxylic acids is 2. The highest BCUT2D eigenvalue weighted by molar-refractivity contribution is 7.99. The van der Waals surface area contributed by atoms with Gasteiger partial charge in [-0.25, -0.2) is 0 Å². The van der Waals surface area contributed by atoms with Gasteiger partial charge in [0.1, 0.15) is 0 Å². The molecule has 0 aromatic rings. The normalized spacial score (nSPS) is 11.3. The van der Waals surface area contributed by atoms with E-state index < -0.39 is 0 Å². The summed E-state index contributed by atoms with van der Waals surface area (Å²) in [6.45, 7) is 4.92. The lowest BCUT2D eigenvalue weighted by Crippen LogP contribution is -2.03. The van der Waals surface area contributed by atoms with E-state index in [1.54, 1.807) is 0 Å². The fourth-order valence-electron chi connectivity index (χ4n) is 6.24. The van der Waals surface area contributed by atoms with Gasteiger partial charge in [-0.1, -0.05) is 194 Å². The summed E-state index contributed by atoms with van der Waals surface area (Å²) in [5.74, 6) is 2.63. The van der Waals surface area contributed by atoms with Crippen LogP contribution in [0.4, 0.5) is 0 Å². The molecule has 0 aliphatic carbocycles. The van der Waals surface area contributed by atoms with Crippen molar-refractivity contribution in [3.63, 3.8) is 0 Å². The van der Waals surface area contributed by atoms with Crippen molar-refractivity contribution in [3.05, 3.63) is 0 Å². The molecule has 0 saturated carbocycles. The van der Waals surface area contributed by atoms with Crippen LogP contribution in [0.25, 0.3) is 0 Å². The van der Waals surface area contributed by atoms with Crippen LogP contribution in [0.5, 0.6) is 0 Å². The van der Waals surface area contributed by atoms with E-state index in [1.165, 1.54) is 204 Å². The van der Waals surface area contributed by atoms with Gasteiger partial charge in [0.25, 0.3) is 0 Å². The van der Waals surface area contributed by atoms with Gasteiger partial charge in [0.15, 0.2) is 0 Å². The third-order valence-corrected chi connectivity index (χ3v) is 10.6. The number of hydrogen-bond donors (Lipinski definition) is 0. The molecule has 4 nitrogen and oxygen atoms in total. The highest BCUT2D eigenvalue weighted by Gasteiger charge is 2.00. The quantitative estimate of drug-likeness (QED) is 0.0475. The summed E-state index contributed by atoms with van der Waals surface area (Å²) in [6.07, 6.45) is 45.0. The standard InChI is InChI=1S/C42H82O4S/c1-3-41(43)45-37-33-29-25-21-17-13-9-5-7-11-15-19-23-27-31-35-39-47-40-36-32-28-24-20-16-12-8-6-10-14-18-22-26-30-34-38-46-42(44)4-2/h3-40H2,1-2H3. The summed E-state index contributed by atoms with van der Waals surface area (Å²) in [5, 5.41) is 0. The van der Waals surface area contributed by atoms with Crippen LogP contribution < -0.4 is 0 Å². The third-order valence-electron chi connectivity index (χ3n) is 9.47. The molecule has 0 unspecified atom stereocenters. The molecule has 0 amide bonds. The first-order chi connectivity index (χ1) is 23.2. The molecule has 0 rings (SSSR count). The Kier molecular flexibility index (Phi) is 40.8. The smallest absolute Gasteiger partial charge is 0.305 e. The van der Waals surface area contributed by atoms with Gasteiger partial charge in [0, 0.05) is 12.8 Å². The molecule has 5 heteroatoms. The van der Waals surface area contributed by atoms with E-state index in [0.717, 1.165) is 12.8 Å². The van der Waals surface area contributed by atoms with E-state index in [2.05, 4.69) is 11.8 Å². The van der Waals surface area contributed by atoms with Crippen molar-refractivity contribution in [2.45, 2.75) is 232 Å². The van der Waals surface area contributed by atoms with E-state index >= 15 is 0 Å². The van der Waals surface area contributed by atoms with Crippen molar-refractivity contribution in [2.24, 2.45) is 0 Å². The minimum absolute atomic E-state index is 0.0638. The van der Waals surface area contributed by atoms with Gasteiger partial charge >= 0.3 is 11.9 Å². The van der Waals surface area contributed by atoms with E-state index in [0.29, 0.717) is 26.1 Å². The van der Waals surface area contributed by atoms with E-state index in [1.807, 2.05) is 13.8 Å². The molecule has 0 atom stereocenters. The van der Waals surface area contributed by atoms with Crippen LogP contribution in [-0.2, 0) is 19.1 Å². The predicted octanol–water partition coefficient (Wildman–Crippen LogP) is 14.1. The first kappa shape index (κ1) is 46.3. The molecule has 280 valence electrons. The Labute approximate surface area is 298 Å². The molecule has 0 spiro atoms. The summed E-state index contributed by atoms with van der Waals surface area (Å²) in [7, 11) is 0. The zero-order valence-corrected chi connectivity index (χ0v) is 32.7. The van der Waals surface area contributed by atoms with E-state index in [9.17, 15) is 9.59 Å². The van der Waals surface area contributed by atoms with Crippen LogP contribution >= 0.6 is 11.8 Å². The molecular weight excluding hydrogens is 601 g/mol. The van der Waals surface area contributed by atoms with Crippen LogP contribution in [0.3, 0.4) is 0 Å². The fraction of sp³-hybridized carbons (Fsp3) is 0.952. The van der Waals surface area contributed by atoms with Crippen LogP contribution in [0.15, 0.2) is 0 Å². The molecule has 0 N–H and O–H groups in total. The van der Waals surface area contributed by atoms with Crippen molar-refractivity contribution in [1.29, 1.82) is 0 Å². The number of ether oxygens (including phenoxy) is 2. The van der Waals surface area contributed by atoms with Crippen molar-refractivity contribution < 1.29 is 19.1 Å². The minimum Gasteiger partial charge on any atom is -0.466 e. The van der Waals surface area contributed by atoms with Gasteiger partial charge in [0.05, 0.1) is 13.2 Å². The molecular formula is C42H82O4S. The Morgan fingerprint density at radius 1 is 0.319 bits per heavy atom. The van der Waals surface area contributed by atoms with Crippen molar-refractivity contribution in [2.75, 3.05) is 24.7 Å². The SMILES string of the molecule is CCC(=O)OCCCCCCCCCCCCCCCCCCSCCCCCCCCCCCCCCCCCCOC(=O)CC. The number of esters is 2. The van der Waals surface area contributed by atoms with Gasteiger partial charge in [-0.15, -0.1) is 0 Å². The number of carbonyl (C=O) groups is 2. The molecule has 0 saturated heterocycles. The van der Waals surface area contributed by atoms with E-state index in [4.69, 9.17) is 9.47 Å². The highest BCUT2D eigenvalue weighted by atomic mass is 32.2. The zero-order chi connectivity index (χ0) is 34.1. The number of rotatable bonds is 40. The van der Waals surface area contributed by atoms with Crippen molar-refractivity contribution in [3.8, 4) is 0 Å².